The highest BCUT2D eigenvalue weighted by Crippen LogP contribution is 2.14. The SMILES string of the molecule is CC(C)CN=CC(=CN)c1ncc2c(n1)CNC2. The fourth-order valence-electron chi connectivity index (χ4n) is 1.73. The molecule has 2 rings (SSSR count). The molecule has 18 heavy (non-hydrogen) atoms. The van der Waals surface area contributed by atoms with Crippen LogP contribution in [0, 0.1) is 5.92 Å². The van der Waals surface area contributed by atoms with E-state index in [0.29, 0.717) is 11.7 Å². The van der Waals surface area contributed by atoms with Crippen LogP contribution in [0.15, 0.2) is 17.4 Å². The molecule has 2 heterocycles. The number of nitrogens with zero attached hydrogens (tertiary/aromatic N) is 3. The number of rotatable bonds is 4. The van der Waals surface area contributed by atoms with E-state index in [1.165, 1.54) is 6.20 Å². The molecule has 0 aromatic carbocycles. The van der Waals surface area contributed by atoms with Gasteiger partial charge in [-0.25, -0.2) is 9.97 Å². The summed E-state index contributed by atoms with van der Waals surface area (Å²) >= 11 is 0. The minimum atomic E-state index is 0.533. The predicted molar refractivity (Wildman–Crippen MR) is 72.9 cm³/mol. The molecule has 0 radical (unpaired) electrons. The summed E-state index contributed by atoms with van der Waals surface area (Å²) < 4.78 is 0. The molecule has 5 nitrogen and oxygen atoms in total. The Kier molecular flexibility index (Phi) is 4.04. The first kappa shape index (κ1) is 12.7. The molecule has 5 heteroatoms. The molecule has 0 fully saturated rings. The zero-order chi connectivity index (χ0) is 13.0. The maximum absolute atomic E-state index is 5.62. The van der Waals surface area contributed by atoms with E-state index >= 15 is 0 Å². The van der Waals surface area contributed by atoms with Gasteiger partial charge >= 0.3 is 0 Å². The lowest BCUT2D eigenvalue weighted by atomic mass is 10.2. The largest absolute Gasteiger partial charge is 0.404 e. The Morgan fingerprint density at radius 2 is 2.39 bits per heavy atom. The maximum atomic E-state index is 5.62. The molecule has 0 spiro atoms. The average molecular weight is 245 g/mol. The number of nitrogens with one attached hydrogen (secondary N) is 1. The minimum absolute atomic E-state index is 0.533. The molecule has 3 N–H and O–H groups in total. The van der Waals surface area contributed by atoms with Crippen molar-refractivity contribution in [2.45, 2.75) is 26.9 Å². The molecule has 0 saturated heterocycles. The Morgan fingerprint density at radius 1 is 1.56 bits per heavy atom. The summed E-state index contributed by atoms with van der Waals surface area (Å²) in [6.07, 6.45) is 5.12. The number of aromatic nitrogens is 2. The number of hydrogen-bond donors (Lipinski definition) is 2. The molecule has 1 aromatic heterocycles. The molecule has 0 aliphatic carbocycles. The van der Waals surface area contributed by atoms with Gasteiger partial charge in [0.15, 0.2) is 5.82 Å². The molecule has 0 bridgehead atoms. The van der Waals surface area contributed by atoms with Crippen molar-refractivity contribution in [3.8, 4) is 0 Å². The van der Waals surface area contributed by atoms with Crippen molar-refractivity contribution in [1.29, 1.82) is 0 Å². The number of hydrogen-bond acceptors (Lipinski definition) is 5. The molecule has 96 valence electrons. The van der Waals surface area contributed by atoms with Gasteiger partial charge in [0, 0.05) is 43.8 Å². The lowest BCUT2D eigenvalue weighted by molar-refractivity contribution is 0.667. The van der Waals surface area contributed by atoms with Gasteiger partial charge in [0.25, 0.3) is 0 Å². The van der Waals surface area contributed by atoms with Crippen LogP contribution in [0.3, 0.4) is 0 Å². The number of allylic oxidation sites excluding steroid dienone is 1. The third kappa shape index (κ3) is 2.92. The zero-order valence-corrected chi connectivity index (χ0v) is 10.8. The highest BCUT2D eigenvalue weighted by Gasteiger charge is 2.13. The Hall–Kier alpha value is -1.75. The fraction of sp³-hybridized carbons (Fsp3) is 0.462. The van der Waals surface area contributed by atoms with Crippen LogP contribution in [-0.4, -0.2) is 22.7 Å². The monoisotopic (exact) mass is 245 g/mol. The molecular formula is C13H19N5. The standard InChI is InChI=1S/C13H19N5/c1-9(2)4-15-5-10(3-14)13-17-7-11-6-16-8-12(11)18-13/h3,5,7,9,16H,4,6,8,14H2,1-2H3. The van der Waals surface area contributed by atoms with E-state index in [4.69, 9.17) is 5.73 Å². The first-order chi connectivity index (χ1) is 8.70. The van der Waals surface area contributed by atoms with Crippen LogP contribution < -0.4 is 11.1 Å². The second-order valence-corrected chi connectivity index (χ2v) is 4.78. The van der Waals surface area contributed by atoms with Crippen LogP contribution in [0.25, 0.3) is 5.57 Å². The van der Waals surface area contributed by atoms with Gasteiger partial charge in [-0.05, 0) is 5.92 Å². The summed E-state index contributed by atoms with van der Waals surface area (Å²) in [4.78, 5) is 13.2. The number of fused-ring (bicyclic) bond motifs is 1. The first-order valence-electron chi connectivity index (χ1n) is 6.18. The van der Waals surface area contributed by atoms with Crippen LogP contribution in [0.2, 0.25) is 0 Å². The Labute approximate surface area is 107 Å². The summed E-state index contributed by atoms with van der Waals surface area (Å²) in [5, 5.41) is 3.24. The van der Waals surface area contributed by atoms with Crippen molar-refractivity contribution >= 4 is 11.8 Å². The molecule has 0 amide bonds. The summed E-state index contributed by atoms with van der Waals surface area (Å²) in [7, 11) is 0. The number of nitrogens with two attached hydrogens (primary N) is 1. The summed E-state index contributed by atoms with van der Waals surface area (Å²) in [6.45, 7) is 6.68. The maximum Gasteiger partial charge on any atom is 0.162 e. The van der Waals surface area contributed by atoms with Gasteiger partial charge in [-0.15, -0.1) is 0 Å². The van der Waals surface area contributed by atoms with E-state index in [2.05, 4.69) is 34.1 Å². The van der Waals surface area contributed by atoms with Gasteiger partial charge in [-0.2, -0.15) is 0 Å². The van der Waals surface area contributed by atoms with Crippen molar-refractivity contribution in [1.82, 2.24) is 15.3 Å². The van der Waals surface area contributed by atoms with Crippen LogP contribution in [0.4, 0.5) is 0 Å². The predicted octanol–water partition coefficient (Wildman–Crippen LogP) is 1.11. The normalized spacial score (nSPS) is 15.6. The average Bonchev–Trinajstić information content (AvgIpc) is 2.81. The molecule has 0 saturated carbocycles. The van der Waals surface area contributed by atoms with E-state index in [9.17, 15) is 0 Å². The van der Waals surface area contributed by atoms with Gasteiger partial charge in [-0.1, -0.05) is 13.8 Å². The highest BCUT2D eigenvalue weighted by molar-refractivity contribution is 6.08. The molecule has 1 aliphatic heterocycles. The van der Waals surface area contributed by atoms with E-state index in [0.717, 1.165) is 36.5 Å². The van der Waals surface area contributed by atoms with Crippen molar-refractivity contribution in [2.75, 3.05) is 6.54 Å². The third-order valence-corrected chi connectivity index (χ3v) is 2.70. The Bertz CT molecular complexity index is 476. The van der Waals surface area contributed by atoms with Crippen molar-refractivity contribution in [3.63, 3.8) is 0 Å². The van der Waals surface area contributed by atoms with Crippen LogP contribution in [-0.2, 0) is 13.1 Å². The summed E-state index contributed by atoms with van der Waals surface area (Å²) in [6, 6.07) is 0. The quantitative estimate of drug-likeness (QED) is 0.779. The van der Waals surface area contributed by atoms with Crippen LogP contribution in [0.5, 0.6) is 0 Å². The van der Waals surface area contributed by atoms with Gasteiger partial charge in [0.2, 0.25) is 0 Å². The van der Waals surface area contributed by atoms with Crippen molar-refractivity contribution in [2.24, 2.45) is 16.6 Å². The minimum Gasteiger partial charge on any atom is -0.404 e. The van der Waals surface area contributed by atoms with E-state index in [1.54, 1.807) is 6.21 Å². The molecule has 1 aromatic rings. The van der Waals surface area contributed by atoms with Crippen molar-refractivity contribution in [3.05, 3.63) is 29.5 Å². The molecule has 0 atom stereocenters. The summed E-state index contributed by atoms with van der Waals surface area (Å²) in [5.74, 6) is 1.18. The lowest BCUT2D eigenvalue weighted by Gasteiger charge is -2.03. The van der Waals surface area contributed by atoms with Gasteiger partial charge in [-0.3, -0.25) is 4.99 Å². The van der Waals surface area contributed by atoms with Crippen LogP contribution >= 0.6 is 0 Å². The van der Waals surface area contributed by atoms with Gasteiger partial charge in [0.1, 0.15) is 0 Å². The zero-order valence-electron chi connectivity index (χ0n) is 10.8. The van der Waals surface area contributed by atoms with Gasteiger partial charge in [0.05, 0.1) is 11.3 Å². The molecule has 1 aliphatic rings. The van der Waals surface area contributed by atoms with Crippen molar-refractivity contribution < 1.29 is 0 Å². The smallest absolute Gasteiger partial charge is 0.162 e. The van der Waals surface area contributed by atoms with Gasteiger partial charge < -0.3 is 11.1 Å². The first-order valence-corrected chi connectivity index (χ1v) is 6.18. The second kappa shape index (κ2) is 5.73. The Morgan fingerprint density at radius 3 is 3.11 bits per heavy atom. The van der Waals surface area contributed by atoms with Crippen LogP contribution in [0.1, 0.15) is 30.9 Å². The Balaban J connectivity index is 2.16. The topological polar surface area (TPSA) is 76.2 Å². The molecule has 0 unspecified atom stereocenters. The third-order valence-electron chi connectivity index (χ3n) is 2.70. The van der Waals surface area contributed by atoms with E-state index in [1.807, 2.05) is 6.20 Å². The number of aliphatic imine (C=N–C) groups is 1. The fourth-order valence-corrected chi connectivity index (χ4v) is 1.73. The lowest BCUT2D eigenvalue weighted by Crippen LogP contribution is -2.03. The molecular weight excluding hydrogens is 226 g/mol. The summed E-state index contributed by atoms with van der Waals surface area (Å²) in [5.41, 5.74) is 8.60. The van der Waals surface area contributed by atoms with E-state index in [-0.39, 0.29) is 0 Å². The van der Waals surface area contributed by atoms with E-state index < -0.39 is 0 Å². The second-order valence-electron chi connectivity index (χ2n) is 4.78. The highest BCUT2D eigenvalue weighted by atomic mass is 15.0.